The lowest BCUT2D eigenvalue weighted by atomic mass is 10.0. The quantitative estimate of drug-likeness (QED) is 0.886. The van der Waals surface area contributed by atoms with Crippen molar-refractivity contribution in [3.05, 3.63) is 33.8 Å². The van der Waals surface area contributed by atoms with Crippen molar-refractivity contribution in [3.63, 3.8) is 0 Å². The number of nitrogens with one attached hydrogen (secondary N) is 1. The third kappa shape index (κ3) is 3.58. The summed E-state index contributed by atoms with van der Waals surface area (Å²) in [6, 6.07) is 6.53. The van der Waals surface area contributed by atoms with Gasteiger partial charge in [-0.15, -0.1) is 0 Å². The molecular formula is C12H14Cl2N2O. The van der Waals surface area contributed by atoms with Crippen LogP contribution in [-0.2, 0) is 0 Å². The van der Waals surface area contributed by atoms with Crippen molar-refractivity contribution in [2.24, 2.45) is 0 Å². The van der Waals surface area contributed by atoms with Gasteiger partial charge in [-0.3, -0.25) is 5.32 Å². The van der Waals surface area contributed by atoms with Crippen LogP contribution in [0, 0.1) is 11.3 Å². The molecule has 1 aromatic rings. The molecule has 0 spiro atoms. The molecule has 0 radical (unpaired) electrons. The summed E-state index contributed by atoms with van der Waals surface area (Å²) >= 11 is 12.1. The van der Waals surface area contributed by atoms with Gasteiger partial charge in [0, 0.05) is 21.1 Å². The molecule has 0 amide bonds. The second-order valence-corrected chi connectivity index (χ2v) is 5.20. The highest BCUT2D eigenvalue weighted by molar-refractivity contribution is 6.36. The molecule has 1 atom stereocenters. The normalized spacial score (nSPS) is 13.2. The molecule has 17 heavy (non-hydrogen) atoms. The van der Waals surface area contributed by atoms with Crippen LogP contribution in [0.25, 0.3) is 0 Å². The molecule has 0 aromatic heterocycles. The number of hydrogen-bond donors (Lipinski definition) is 2. The monoisotopic (exact) mass is 272 g/mol. The van der Waals surface area contributed by atoms with Gasteiger partial charge in [-0.25, -0.2) is 0 Å². The maximum atomic E-state index is 9.19. The number of benzene rings is 1. The van der Waals surface area contributed by atoms with Crippen molar-refractivity contribution in [1.29, 1.82) is 5.26 Å². The summed E-state index contributed by atoms with van der Waals surface area (Å²) in [4.78, 5) is 0. The highest BCUT2D eigenvalue weighted by atomic mass is 35.5. The van der Waals surface area contributed by atoms with E-state index in [0.29, 0.717) is 15.6 Å². The SMILES string of the molecule is CC(C)(CO)NC(C#N)c1c(Cl)cccc1Cl. The molecule has 0 heterocycles. The maximum Gasteiger partial charge on any atom is 0.124 e. The molecule has 0 saturated heterocycles. The molecule has 5 heteroatoms. The van der Waals surface area contributed by atoms with Crippen LogP contribution in [0.4, 0.5) is 0 Å². The zero-order valence-electron chi connectivity index (χ0n) is 9.67. The van der Waals surface area contributed by atoms with E-state index in [1.165, 1.54) is 0 Å². The molecule has 0 bridgehead atoms. The molecule has 1 rings (SSSR count). The minimum atomic E-state index is -0.654. The van der Waals surface area contributed by atoms with Crippen LogP contribution in [0.2, 0.25) is 10.0 Å². The van der Waals surface area contributed by atoms with E-state index in [1.54, 1.807) is 32.0 Å². The van der Waals surface area contributed by atoms with Gasteiger partial charge in [0.2, 0.25) is 0 Å². The Morgan fingerprint density at radius 2 is 1.94 bits per heavy atom. The standard InChI is InChI=1S/C12H14Cl2N2O/c1-12(2,7-17)16-10(6-15)11-8(13)4-3-5-9(11)14/h3-5,10,16-17H,7H2,1-2H3. The zero-order valence-corrected chi connectivity index (χ0v) is 11.2. The largest absolute Gasteiger partial charge is 0.394 e. The van der Waals surface area contributed by atoms with Gasteiger partial charge in [0.05, 0.1) is 12.7 Å². The summed E-state index contributed by atoms with van der Waals surface area (Å²) in [6.07, 6.45) is 0. The Morgan fingerprint density at radius 3 is 2.35 bits per heavy atom. The molecular weight excluding hydrogens is 259 g/mol. The number of hydrogen-bond acceptors (Lipinski definition) is 3. The molecule has 0 fully saturated rings. The van der Waals surface area contributed by atoms with Crippen LogP contribution < -0.4 is 5.32 Å². The van der Waals surface area contributed by atoms with Crippen molar-refractivity contribution in [1.82, 2.24) is 5.32 Å². The molecule has 0 aliphatic rings. The van der Waals surface area contributed by atoms with Gasteiger partial charge in [-0.1, -0.05) is 29.3 Å². The van der Waals surface area contributed by atoms with E-state index in [9.17, 15) is 10.4 Å². The Morgan fingerprint density at radius 1 is 1.41 bits per heavy atom. The average Bonchev–Trinajstić information content (AvgIpc) is 2.27. The summed E-state index contributed by atoms with van der Waals surface area (Å²) in [7, 11) is 0. The minimum absolute atomic E-state index is 0.0900. The molecule has 1 unspecified atom stereocenters. The Hall–Kier alpha value is -0.790. The van der Waals surface area contributed by atoms with Crippen LogP contribution >= 0.6 is 23.2 Å². The van der Waals surface area contributed by atoms with Crippen molar-refractivity contribution in [3.8, 4) is 6.07 Å². The minimum Gasteiger partial charge on any atom is -0.394 e. The van der Waals surface area contributed by atoms with E-state index in [-0.39, 0.29) is 6.61 Å². The van der Waals surface area contributed by atoms with Gasteiger partial charge in [0.25, 0.3) is 0 Å². The highest BCUT2D eigenvalue weighted by Gasteiger charge is 2.25. The topological polar surface area (TPSA) is 56.0 Å². The molecule has 0 saturated carbocycles. The Kier molecular flexibility index (Phi) is 4.79. The van der Waals surface area contributed by atoms with Crippen molar-refractivity contribution < 1.29 is 5.11 Å². The summed E-state index contributed by atoms with van der Waals surface area (Å²) in [5, 5.41) is 22.2. The number of aliphatic hydroxyl groups excluding tert-OH is 1. The average molecular weight is 273 g/mol. The van der Waals surface area contributed by atoms with Crippen LogP contribution in [0.1, 0.15) is 25.5 Å². The maximum absolute atomic E-state index is 9.19. The Bertz CT molecular complexity index is 420. The third-order valence-electron chi connectivity index (χ3n) is 2.35. The van der Waals surface area contributed by atoms with Crippen LogP contribution in [-0.4, -0.2) is 17.3 Å². The summed E-state index contributed by atoms with van der Waals surface area (Å²) in [5.41, 5.74) is -0.0389. The fourth-order valence-corrected chi connectivity index (χ4v) is 2.01. The first-order valence-electron chi connectivity index (χ1n) is 5.13. The first-order valence-corrected chi connectivity index (χ1v) is 5.89. The number of halogens is 2. The summed E-state index contributed by atoms with van der Waals surface area (Å²) in [6.45, 7) is 3.50. The van der Waals surface area contributed by atoms with E-state index >= 15 is 0 Å². The molecule has 92 valence electrons. The van der Waals surface area contributed by atoms with Crippen molar-refractivity contribution in [2.45, 2.75) is 25.4 Å². The first kappa shape index (κ1) is 14.3. The Balaban J connectivity index is 3.08. The van der Waals surface area contributed by atoms with Gasteiger partial charge in [0.15, 0.2) is 0 Å². The second kappa shape index (κ2) is 5.70. The van der Waals surface area contributed by atoms with Gasteiger partial charge < -0.3 is 5.11 Å². The van der Waals surface area contributed by atoms with Gasteiger partial charge in [0.1, 0.15) is 6.04 Å². The predicted octanol–water partition coefficient (Wildman–Crippen LogP) is 2.92. The molecule has 0 aliphatic heterocycles. The van der Waals surface area contributed by atoms with E-state index in [0.717, 1.165) is 0 Å². The smallest absolute Gasteiger partial charge is 0.124 e. The third-order valence-corrected chi connectivity index (χ3v) is 3.01. The van der Waals surface area contributed by atoms with E-state index < -0.39 is 11.6 Å². The summed E-state index contributed by atoms with van der Waals surface area (Å²) < 4.78 is 0. The number of aliphatic hydroxyl groups is 1. The number of nitriles is 1. The van der Waals surface area contributed by atoms with Crippen molar-refractivity contribution in [2.75, 3.05) is 6.61 Å². The van der Waals surface area contributed by atoms with Crippen LogP contribution in [0.3, 0.4) is 0 Å². The molecule has 2 N–H and O–H groups in total. The number of nitrogens with zero attached hydrogens (tertiary/aromatic N) is 1. The predicted molar refractivity (Wildman–Crippen MR) is 69.1 cm³/mol. The lowest BCUT2D eigenvalue weighted by Crippen LogP contribution is -2.44. The van der Waals surface area contributed by atoms with Crippen molar-refractivity contribution >= 4 is 23.2 Å². The van der Waals surface area contributed by atoms with Crippen LogP contribution in [0.5, 0.6) is 0 Å². The fraction of sp³-hybridized carbons (Fsp3) is 0.417. The molecule has 0 aliphatic carbocycles. The van der Waals surface area contributed by atoms with Gasteiger partial charge in [-0.05, 0) is 26.0 Å². The number of rotatable bonds is 4. The molecule has 3 nitrogen and oxygen atoms in total. The van der Waals surface area contributed by atoms with Gasteiger partial charge >= 0.3 is 0 Å². The van der Waals surface area contributed by atoms with Crippen LogP contribution in [0.15, 0.2) is 18.2 Å². The van der Waals surface area contributed by atoms with E-state index in [4.69, 9.17) is 23.2 Å². The van der Waals surface area contributed by atoms with E-state index in [2.05, 4.69) is 11.4 Å². The summed E-state index contributed by atoms with van der Waals surface area (Å²) in [5.74, 6) is 0. The first-order chi connectivity index (χ1) is 7.91. The lowest BCUT2D eigenvalue weighted by Gasteiger charge is -2.27. The van der Waals surface area contributed by atoms with E-state index in [1.807, 2.05) is 0 Å². The fourth-order valence-electron chi connectivity index (χ4n) is 1.39. The Labute approximate surface area is 111 Å². The zero-order chi connectivity index (χ0) is 13.1. The van der Waals surface area contributed by atoms with Gasteiger partial charge in [-0.2, -0.15) is 5.26 Å². The molecule has 1 aromatic carbocycles. The highest BCUT2D eigenvalue weighted by Crippen LogP contribution is 2.30. The lowest BCUT2D eigenvalue weighted by molar-refractivity contribution is 0.182. The second-order valence-electron chi connectivity index (χ2n) is 4.38.